The summed E-state index contributed by atoms with van der Waals surface area (Å²) in [6.45, 7) is 2.26. The summed E-state index contributed by atoms with van der Waals surface area (Å²) < 4.78 is 1.49. The van der Waals surface area contributed by atoms with Gasteiger partial charge in [-0.2, -0.15) is 10.4 Å². The van der Waals surface area contributed by atoms with E-state index in [9.17, 15) is 4.79 Å². The highest BCUT2D eigenvalue weighted by Crippen LogP contribution is 2.38. The average molecular weight is 204 g/mol. The molecule has 15 heavy (non-hydrogen) atoms. The average Bonchev–Trinajstić information content (AvgIpc) is 2.76. The van der Waals surface area contributed by atoms with E-state index in [2.05, 4.69) is 17.3 Å². The van der Waals surface area contributed by atoms with Crippen molar-refractivity contribution in [1.82, 2.24) is 9.78 Å². The van der Waals surface area contributed by atoms with E-state index in [1.165, 1.54) is 4.68 Å². The van der Waals surface area contributed by atoms with E-state index >= 15 is 0 Å². The van der Waals surface area contributed by atoms with Gasteiger partial charge >= 0.3 is 0 Å². The largest absolute Gasteiger partial charge is 0.309 e. The van der Waals surface area contributed by atoms with Crippen LogP contribution >= 0.6 is 0 Å². The topological polar surface area (TPSA) is 70.7 Å². The molecule has 78 valence electrons. The molecule has 0 aliphatic heterocycles. The number of rotatable bonds is 3. The van der Waals surface area contributed by atoms with Gasteiger partial charge in [0.2, 0.25) is 5.91 Å². The van der Waals surface area contributed by atoms with Crippen molar-refractivity contribution in [2.24, 2.45) is 11.8 Å². The maximum absolute atomic E-state index is 11.5. The number of aromatic nitrogens is 2. The van der Waals surface area contributed by atoms with Crippen LogP contribution in [0.5, 0.6) is 0 Å². The van der Waals surface area contributed by atoms with E-state index in [0.29, 0.717) is 11.7 Å². The van der Waals surface area contributed by atoms with Gasteiger partial charge in [-0.25, -0.2) is 0 Å². The minimum absolute atomic E-state index is 0.0321. The lowest BCUT2D eigenvalue weighted by Gasteiger charge is -1.99. The Morgan fingerprint density at radius 2 is 2.60 bits per heavy atom. The third kappa shape index (κ3) is 2.15. The summed E-state index contributed by atoms with van der Waals surface area (Å²) in [7, 11) is 0. The second-order valence-electron chi connectivity index (χ2n) is 3.87. The van der Waals surface area contributed by atoms with Crippen molar-refractivity contribution < 1.29 is 4.79 Å². The third-order valence-corrected chi connectivity index (χ3v) is 2.57. The van der Waals surface area contributed by atoms with Crippen LogP contribution in [0.25, 0.3) is 0 Å². The molecule has 0 saturated heterocycles. The number of carbonyl (C=O) groups is 1. The van der Waals surface area contributed by atoms with Gasteiger partial charge in [-0.05, 0) is 12.3 Å². The van der Waals surface area contributed by atoms with Crippen LogP contribution in [0.15, 0.2) is 12.3 Å². The number of nitrogens with zero attached hydrogens (tertiary/aromatic N) is 3. The van der Waals surface area contributed by atoms with E-state index < -0.39 is 0 Å². The zero-order chi connectivity index (χ0) is 10.8. The van der Waals surface area contributed by atoms with Gasteiger partial charge in [-0.3, -0.25) is 9.48 Å². The van der Waals surface area contributed by atoms with Gasteiger partial charge in [-0.15, -0.1) is 0 Å². The monoisotopic (exact) mass is 204 g/mol. The molecule has 2 unspecified atom stereocenters. The second-order valence-corrected chi connectivity index (χ2v) is 3.87. The fourth-order valence-electron chi connectivity index (χ4n) is 1.50. The van der Waals surface area contributed by atoms with E-state index in [0.717, 1.165) is 6.42 Å². The molecule has 2 rings (SSSR count). The zero-order valence-electron chi connectivity index (χ0n) is 8.47. The number of nitrogens with one attached hydrogen (secondary N) is 1. The van der Waals surface area contributed by atoms with Crippen LogP contribution in [0.1, 0.15) is 13.3 Å². The van der Waals surface area contributed by atoms with E-state index in [-0.39, 0.29) is 18.4 Å². The molecule has 1 aromatic heterocycles. The molecular formula is C10H12N4O. The summed E-state index contributed by atoms with van der Waals surface area (Å²) in [5.41, 5.74) is 0. The number of nitriles is 1. The van der Waals surface area contributed by atoms with Gasteiger partial charge in [0, 0.05) is 18.2 Å². The summed E-state index contributed by atoms with van der Waals surface area (Å²) in [6.07, 6.45) is 2.64. The highest BCUT2D eigenvalue weighted by molar-refractivity contribution is 5.93. The first-order chi connectivity index (χ1) is 7.20. The third-order valence-electron chi connectivity index (χ3n) is 2.57. The standard InChI is InChI=1S/C10H12N4O/c1-7-6-8(7)10(15)12-9-2-4-14(13-9)5-3-11/h2,4,7-8H,5-6H2,1H3,(H,12,13,15). The van der Waals surface area contributed by atoms with Crippen molar-refractivity contribution in [3.8, 4) is 6.07 Å². The van der Waals surface area contributed by atoms with Crippen molar-refractivity contribution in [1.29, 1.82) is 5.26 Å². The summed E-state index contributed by atoms with van der Waals surface area (Å²) in [4.78, 5) is 11.5. The van der Waals surface area contributed by atoms with Crippen LogP contribution in [0, 0.1) is 23.2 Å². The molecule has 1 aliphatic carbocycles. The molecule has 1 saturated carbocycles. The van der Waals surface area contributed by atoms with Crippen molar-refractivity contribution in [3.05, 3.63) is 12.3 Å². The first-order valence-electron chi connectivity index (χ1n) is 4.92. The molecule has 1 heterocycles. The Morgan fingerprint density at radius 3 is 3.20 bits per heavy atom. The van der Waals surface area contributed by atoms with Crippen molar-refractivity contribution in [2.45, 2.75) is 19.9 Å². The molecule has 0 bridgehead atoms. The molecule has 5 nitrogen and oxygen atoms in total. The van der Waals surface area contributed by atoms with Crippen LogP contribution < -0.4 is 5.32 Å². The highest BCUT2D eigenvalue weighted by atomic mass is 16.2. The van der Waals surface area contributed by atoms with Crippen molar-refractivity contribution >= 4 is 11.7 Å². The lowest BCUT2D eigenvalue weighted by Crippen LogP contribution is -2.15. The fraction of sp³-hybridized carbons (Fsp3) is 0.500. The molecule has 1 aromatic rings. The van der Waals surface area contributed by atoms with Gasteiger partial charge in [0.25, 0.3) is 0 Å². The summed E-state index contributed by atoms with van der Waals surface area (Å²) in [5.74, 6) is 1.19. The Morgan fingerprint density at radius 1 is 1.87 bits per heavy atom. The summed E-state index contributed by atoms with van der Waals surface area (Å²) in [6, 6.07) is 3.68. The smallest absolute Gasteiger partial charge is 0.228 e. The van der Waals surface area contributed by atoms with Crippen molar-refractivity contribution in [2.75, 3.05) is 5.32 Å². The summed E-state index contributed by atoms with van der Waals surface area (Å²) >= 11 is 0. The normalized spacial score (nSPS) is 23.2. The molecule has 1 amide bonds. The van der Waals surface area contributed by atoms with Crippen LogP contribution in [-0.2, 0) is 11.3 Å². The number of amides is 1. The summed E-state index contributed by atoms with van der Waals surface area (Å²) in [5, 5.41) is 15.2. The fourth-order valence-corrected chi connectivity index (χ4v) is 1.50. The van der Waals surface area contributed by atoms with Gasteiger partial charge in [-0.1, -0.05) is 6.92 Å². The predicted molar refractivity (Wildman–Crippen MR) is 53.7 cm³/mol. The molecular weight excluding hydrogens is 192 g/mol. The predicted octanol–water partition coefficient (Wildman–Crippen LogP) is 1.00. The zero-order valence-corrected chi connectivity index (χ0v) is 8.47. The minimum Gasteiger partial charge on any atom is -0.309 e. The maximum Gasteiger partial charge on any atom is 0.228 e. The van der Waals surface area contributed by atoms with Crippen LogP contribution in [0.2, 0.25) is 0 Å². The first kappa shape index (κ1) is 9.71. The second kappa shape index (κ2) is 3.73. The number of carbonyl (C=O) groups excluding carboxylic acids is 1. The van der Waals surface area contributed by atoms with Crippen LogP contribution in [-0.4, -0.2) is 15.7 Å². The molecule has 1 fully saturated rings. The maximum atomic E-state index is 11.5. The SMILES string of the molecule is CC1CC1C(=O)Nc1ccn(CC#N)n1. The Labute approximate surface area is 87.7 Å². The molecule has 0 spiro atoms. The van der Waals surface area contributed by atoms with Gasteiger partial charge in [0.15, 0.2) is 5.82 Å². The number of hydrogen-bond acceptors (Lipinski definition) is 3. The van der Waals surface area contributed by atoms with E-state index in [1.54, 1.807) is 12.3 Å². The first-order valence-corrected chi connectivity index (χ1v) is 4.92. The Kier molecular flexibility index (Phi) is 2.42. The van der Waals surface area contributed by atoms with Gasteiger partial charge in [0.1, 0.15) is 6.54 Å². The quantitative estimate of drug-likeness (QED) is 0.798. The number of hydrogen-bond donors (Lipinski definition) is 1. The Balaban J connectivity index is 1.93. The molecule has 1 aliphatic rings. The molecule has 0 radical (unpaired) electrons. The molecule has 0 aromatic carbocycles. The van der Waals surface area contributed by atoms with Crippen molar-refractivity contribution in [3.63, 3.8) is 0 Å². The highest BCUT2D eigenvalue weighted by Gasteiger charge is 2.39. The lowest BCUT2D eigenvalue weighted by atomic mass is 10.3. The van der Waals surface area contributed by atoms with Gasteiger partial charge in [0.05, 0.1) is 6.07 Å². The number of anilines is 1. The molecule has 1 N–H and O–H groups in total. The van der Waals surface area contributed by atoms with E-state index in [1.807, 2.05) is 6.07 Å². The van der Waals surface area contributed by atoms with Crippen LogP contribution in [0.4, 0.5) is 5.82 Å². The lowest BCUT2D eigenvalue weighted by molar-refractivity contribution is -0.117. The van der Waals surface area contributed by atoms with Crippen LogP contribution in [0.3, 0.4) is 0 Å². The molecule has 5 heteroatoms. The molecule has 2 atom stereocenters. The Hall–Kier alpha value is -1.83. The minimum atomic E-state index is 0.0321. The van der Waals surface area contributed by atoms with E-state index in [4.69, 9.17) is 5.26 Å². The van der Waals surface area contributed by atoms with Gasteiger partial charge < -0.3 is 5.32 Å². The Bertz CT molecular complexity index is 417.